The topological polar surface area (TPSA) is 107 Å². The Morgan fingerprint density at radius 2 is 1.90 bits per heavy atom. The number of carbonyl (C=O) groups excluding carboxylic acids is 1. The van der Waals surface area contributed by atoms with Crippen LogP contribution in [0.2, 0.25) is 0 Å². The highest BCUT2D eigenvalue weighted by molar-refractivity contribution is 7.93. The standard InChI is InChI=1S/C21H27N3O5S/c1-21(2,3)20-22-13-17(19(24-20)29-16-9-7-6-8-10-16)18(25)23-15(14-28-4)11-12-30(5,26)27/h6-13,15H,14H2,1-5H3,(H,23,25)/b12-11+/t15-/m1/s1. The van der Waals surface area contributed by atoms with E-state index in [0.29, 0.717) is 11.6 Å². The summed E-state index contributed by atoms with van der Waals surface area (Å²) in [7, 11) is -1.89. The van der Waals surface area contributed by atoms with Gasteiger partial charge in [-0.05, 0) is 18.2 Å². The van der Waals surface area contributed by atoms with Gasteiger partial charge in [0.25, 0.3) is 5.91 Å². The van der Waals surface area contributed by atoms with Gasteiger partial charge in [-0.25, -0.2) is 13.4 Å². The van der Waals surface area contributed by atoms with Gasteiger partial charge in [0.05, 0.1) is 12.6 Å². The molecule has 0 spiro atoms. The third-order valence-electron chi connectivity index (χ3n) is 3.85. The van der Waals surface area contributed by atoms with Gasteiger partial charge in [0.1, 0.15) is 17.1 Å². The van der Waals surface area contributed by atoms with Gasteiger partial charge >= 0.3 is 0 Å². The molecule has 1 aromatic carbocycles. The highest BCUT2D eigenvalue weighted by atomic mass is 32.2. The Bertz CT molecular complexity index is 999. The van der Waals surface area contributed by atoms with E-state index in [9.17, 15) is 13.2 Å². The number of hydrogen-bond acceptors (Lipinski definition) is 7. The lowest BCUT2D eigenvalue weighted by Gasteiger charge is -2.19. The van der Waals surface area contributed by atoms with Crippen LogP contribution < -0.4 is 10.1 Å². The van der Waals surface area contributed by atoms with Crippen molar-refractivity contribution in [1.82, 2.24) is 15.3 Å². The molecule has 1 aromatic heterocycles. The number of benzene rings is 1. The number of nitrogens with one attached hydrogen (secondary N) is 1. The van der Waals surface area contributed by atoms with Crippen molar-refractivity contribution < 1.29 is 22.7 Å². The molecule has 0 saturated heterocycles. The summed E-state index contributed by atoms with van der Waals surface area (Å²) in [6.45, 7) is 5.96. The molecule has 1 amide bonds. The molecule has 9 heteroatoms. The first-order valence-corrected chi connectivity index (χ1v) is 11.2. The number of ether oxygens (including phenoxy) is 2. The fraction of sp³-hybridized carbons (Fsp3) is 0.381. The third-order valence-corrected chi connectivity index (χ3v) is 4.50. The zero-order chi connectivity index (χ0) is 22.4. The molecule has 2 rings (SSSR count). The van der Waals surface area contributed by atoms with E-state index in [1.807, 2.05) is 39.0 Å². The second kappa shape index (κ2) is 9.82. The Morgan fingerprint density at radius 1 is 1.23 bits per heavy atom. The van der Waals surface area contributed by atoms with E-state index in [4.69, 9.17) is 9.47 Å². The van der Waals surface area contributed by atoms with Crippen LogP contribution in [0.25, 0.3) is 0 Å². The lowest BCUT2D eigenvalue weighted by molar-refractivity contribution is 0.0912. The molecule has 0 saturated carbocycles. The predicted octanol–water partition coefficient (Wildman–Crippen LogP) is 2.87. The second-order valence-electron chi connectivity index (χ2n) is 7.77. The van der Waals surface area contributed by atoms with Crippen molar-refractivity contribution >= 4 is 15.7 Å². The quantitative estimate of drug-likeness (QED) is 0.682. The maximum Gasteiger partial charge on any atom is 0.258 e. The number of hydrogen-bond donors (Lipinski definition) is 1. The number of para-hydroxylation sites is 1. The number of aromatic nitrogens is 2. The summed E-state index contributed by atoms with van der Waals surface area (Å²) >= 11 is 0. The lowest BCUT2D eigenvalue weighted by Crippen LogP contribution is -2.37. The van der Waals surface area contributed by atoms with E-state index in [0.717, 1.165) is 11.7 Å². The minimum absolute atomic E-state index is 0.0908. The molecule has 0 unspecified atom stereocenters. The molecular formula is C21H27N3O5S. The normalized spacial score (nSPS) is 13.2. The molecule has 8 nitrogen and oxygen atoms in total. The number of nitrogens with zero attached hydrogens (tertiary/aromatic N) is 2. The number of amides is 1. The first kappa shape index (κ1) is 23.5. The Morgan fingerprint density at radius 3 is 2.47 bits per heavy atom. The van der Waals surface area contributed by atoms with Gasteiger partial charge < -0.3 is 14.8 Å². The summed E-state index contributed by atoms with van der Waals surface area (Å²) in [5.74, 6) is 0.648. The average Bonchev–Trinajstić information content (AvgIpc) is 2.65. The largest absolute Gasteiger partial charge is 0.438 e. The molecule has 0 radical (unpaired) electrons. The van der Waals surface area contributed by atoms with E-state index in [-0.39, 0.29) is 23.5 Å². The zero-order valence-electron chi connectivity index (χ0n) is 17.7. The summed E-state index contributed by atoms with van der Waals surface area (Å²) in [6, 6.07) is 8.32. The van der Waals surface area contributed by atoms with Crippen LogP contribution in [0.5, 0.6) is 11.6 Å². The Labute approximate surface area is 177 Å². The van der Waals surface area contributed by atoms with Crippen molar-refractivity contribution in [3.63, 3.8) is 0 Å². The maximum absolute atomic E-state index is 12.9. The van der Waals surface area contributed by atoms with Gasteiger partial charge in [0.15, 0.2) is 9.84 Å². The summed E-state index contributed by atoms with van der Waals surface area (Å²) < 4.78 is 33.7. The summed E-state index contributed by atoms with van der Waals surface area (Å²) in [5.41, 5.74) is -0.221. The molecule has 0 fully saturated rings. The molecule has 0 aliphatic carbocycles. The Kier molecular flexibility index (Phi) is 7.69. The van der Waals surface area contributed by atoms with E-state index < -0.39 is 21.8 Å². The third kappa shape index (κ3) is 7.23. The minimum atomic E-state index is -3.35. The first-order chi connectivity index (χ1) is 14.0. The van der Waals surface area contributed by atoms with E-state index in [2.05, 4.69) is 15.3 Å². The van der Waals surface area contributed by atoms with Gasteiger partial charge in [-0.2, -0.15) is 4.98 Å². The monoisotopic (exact) mass is 433 g/mol. The number of carbonyl (C=O) groups is 1. The number of sulfone groups is 1. The van der Waals surface area contributed by atoms with Gasteiger partial charge in [-0.15, -0.1) is 0 Å². The summed E-state index contributed by atoms with van der Waals surface area (Å²) in [6.07, 6.45) is 3.84. The SMILES string of the molecule is COC[C@@H](/C=C/S(C)(=O)=O)NC(=O)c1cnc(C(C)(C)C)nc1Oc1ccccc1. The highest BCUT2D eigenvalue weighted by Gasteiger charge is 2.24. The fourth-order valence-corrected chi connectivity index (χ4v) is 2.84. The van der Waals surface area contributed by atoms with Gasteiger partial charge in [-0.3, -0.25) is 4.79 Å². The molecule has 2 aromatic rings. The summed E-state index contributed by atoms with van der Waals surface area (Å²) in [4.78, 5) is 21.7. The van der Waals surface area contributed by atoms with Crippen LogP contribution in [0.15, 0.2) is 48.0 Å². The predicted molar refractivity (Wildman–Crippen MR) is 114 cm³/mol. The average molecular weight is 434 g/mol. The molecule has 1 heterocycles. The molecule has 1 N–H and O–H groups in total. The molecule has 0 aliphatic heterocycles. The van der Waals surface area contributed by atoms with Gasteiger partial charge in [-0.1, -0.05) is 39.0 Å². The Hall–Kier alpha value is -2.78. The molecular weight excluding hydrogens is 406 g/mol. The smallest absolute Gasteiger partial charge is 0.258 e. The van der Waals surface area contributed by atoms with Crippen LogP contribution >= 0.6 is 0 Å². The fourth-order valence-electron chi connectivity index (χ4n) is 2.37. The van der Waals surface area contributed by atoms with Crippen molar-refractivity contribution in [1.29, 1.82) is 0 Å². The van der Waals surface area contributed by atoms with Crippen LogP contribution in [0.1, 0.15) is 37.0 Å². The molecule has 30 heavy (non-hydrogen) atoms. The van der Waals surface area contributed by atoms with Crippen LogP contribution in [-0.4, -0.2) is 50.3 Å². The second-order valence-corrected chi connectivity index (χ2v) is 9.70. The van der Waals surface area contributed by atoms with Gasteiger partial charge in [0, 0.05) is 30.4 Å². The van der Waals surface area contributed by atoms with Crippen molar-refractivity contribution in [2.75, 3.05) is 20.0 Å². The van der Waals surface area contributed by atoms with Gasteiger partial charge in [0.2, 0.25) is 5.88 Å². The number of methoxy groups -OCH3 is 1. The van der Waals surface area contributed by atoms with Crippen molar-refractivity contribution in [3.8, 4) is 11.6 Å². The molecule has 0 bridgehead atoms. The van der Waals surface area contributed by atoms with Crippen molar-refractivity contribution in [3.05, 3.63) is 59.4 Å². The maximum atomic E-state index is 12.9. The number of rotatable bonds is 8. The summed E-state index contributed by atoms with van der Waals surface area (Å²) in [5, 5.41) is 3.74. The van der Waals surface area contributed by atoms with E-state index >= 15 is 0 Å². The highest BCUT2D eigenvalue weighted by Crippen LogP contribution is 2.26. The van der Waals surface area contributed by atoms with Crippen LogP contribution in [0, 0.1) is 0 Å². The molecule has 1 atom stereocenters. The van der Waals surface area contributed by atoms with Crippen molar-refractivity contribution in [2.24, 2.45) is 0 Å². The van der Waals surface area contributed by atoms with E-state index in [1.54, 1.807) is 12.1 Å². The lowest BCUT2D eigenvalue weighted by atomic mass is 9.95. The van der Waals surface area contributed by atoms with Crippen molar-refractivity contribution in [2.45, 2.75) is 32.2 Å². The molecule has 0 aliphatic rings. The first-order valence-electron chi connectivity index (χ1n) is 9.28. The Balaban J connectivity index is 2.37. The zero-order valence-corrected chi connectivity index (χ0v) is 18.6. The van der Waals surface area contributed by atoms with Crippen LogP contribution in [0.3, 0.4) is 0 Å². The van der Waals surface area contributed by atoms with E-state index in [1.165, 1.54) is 19.4 Å². The van der Waals surface area contributed by atoms with Crippen LogP contribution in [0.4, 0.5) is 0 Å². The molecule has 162 valence electrons. The minimum Gasteiger partial charge on any atom is -0.438 e. The van der Waals surface area contributed by atoms with Crippen LogP contribution in [-0.2, 0) is 20.0 Å².